The molecular weight excluding hydrogens is 453 g/mol. The van der Waals surface area contributed by atoms with Crippen LogP contribution in [-0.2, 0) is 21.3 Å². The van der Waals surface area contributed by atoms with Gasteiger partial charge in [-0.2, -0.15) is 5.26 Å². The van der Waals surface area contributed by atoms with Gasteiger partial charge in [0.1, 0.15) is 22.4 Å². The smallest absolute Gasteiger partial charge is 0.265 e. The monoisotopic (exact) mass is 473 g/mol. The third-order valence-corrected chi connectivity index (χ3v) is 8.02. The molecule has 2 aliphatic heterocycles. The molecule has 0 spiro atoms. The van der Waals surface area contributed by atoms with Crippen molar-refractivity contribution in [2.24, 2.45) is 5.73 Å². The van der Waals surface area contributed by atoms with Gasteiger partial charge in [0.25, 0.3) is 10.0 Å². The average Bonchev–Trinajstić information content (AvgIpc) is 2.82. The van der Waals surface area contributed by atoms with Crippen molar-refractivity contribution in [3.63, 3.8) is 0 Å². The van der Waals surface area contributed by atoms with Crippen molar-refractivity contribution in [2.45, 2.75) is 19.4 Å². The van der Waals surface area contributed by atoms with E-state index in [1.807, 2.05) is 37.3 Å². The molecule has 2 aliphatic rings. The van der Waals surface area contributed by atoms with Crippen LogP contribution in [0.3, 0.4) is 0 Å². The number of ether oxygens (including phenoxy) is 1. The molecule has 0 aliphatic carbocycles. The van der Waals surface area contributed by atoms with Gasteiger partial charge >= 0.3 is 0 Å². The van der Waals surface area contributed by atoms with Crippen LogP contribution in [0.4, 0.5) is 10.1 Å². The lowest BCUT2D eigenvalue weighted by atomic mass is 9.88. The summed E-state index contributed by atoms with van der Waals surface area (Å²) in [6.45, 7) is 2.02. The number of rotatable bonds is 3. The molecular formula is C26H20FN3O3S. The van der Waals surface area contributed by atoms with E-state index >= 15 is 0 Å². The number of para-hydroxylation sites is 1. The first-order valence-corrected chi connectivity index (χ1v) is 12.0. The first kappa shape index (κ1) is 21.7. The van der Waals surface area contributed by atoms with Crippen LogP contribution in [0.15, 0.2) is 89.2 Å². The van der Waals surface area contributed by atoms with Crippen LogP contribution in [0, 0.1) is 24.1 Å². The van der Waals surface area contributed by atoms with Crippen LogP contribution in [-0.4, -0.2) is 8.42 Å². The zero-order valence-corrected chi connectivity index (χ0v) is 19.0. The second kappa shape index (κ2) is 8.04. The molecule has 0 aromatic heterocycles. The highest BCUT2D eigenvalue weighted by Gasteiger charge is 2.47. The minimum absolute atomic E-state index is 0.0378. The average molecular weight is 474 g/mol. The van der Waals surface area contributed by atoms with Crippen molar-refractivity contribution in [3.05, 3.63) is 117 Å². The molecule has 3 aromatic rings. The topological polar surface area (TPSA) is 96.4 Å². The number of aryl methyl sites for hydroxylation is 1. The van der Waals surface area contributed by atoms with Crippen molar-refractivity contribution in [1.29, 1.82) is 5.26 Å². The highest BCUT2D eigenvalue weighted by Crippen LogP contribution is 2.51. The molecule has 5 rings (SSSR count). The Labute approximate surface area is 197 Å². The Morgan fingerprint density at radius 1 is 1.06 bits per heavy atom. The molecule has 1 atom stereocenters. The quantitative estimate of drug-likeness (QED) is 0.597. The van der Waals surface area contributed by atoms with Crippen LogP contribution in [0.2, 0.25) is 0 Å². The molecule has 0 saturated heterocycles. The van der Waals surface area contributed by atoms with E-state index in [4.69, 9.17) is 10.5 Å². The zero-order valence-electron chi connectivity index (χ0n) is 18.2. The number of benzene rings is 3. The Hall–Kier alpha value is -4.09. The standard InChI is InChI=1S/C26H20FN3O3S/c1-16-6-2-3-7-18(16)15-30-22-9-5-4-8-20(22)24-25(34(30,31)32)23(21(14-28)26(29)33-24)17-10-12-19(27)13-11-17/h2-13,23H,15,29H2,1H3/t23-/m0/s1. The number of hydrogen-bond acceptors (Lipinski definition) is 5. The fraction of sp³-hybridized carbons (Fsp3) is 0.115. The maximum atomic E-state index is 14.2. The number of anilines is 1. The highest BCUT2D eigenvalue weighted by atomic mass is 32.2. The van der Waals surface area contributed by atoms with E-state index in [1.54, 1.807) is 24.3 Å². The molecule has 2 N–H and O–H groups in total. The van der Waals surface area contributed by atoms with E-state index < -0.39 is 21.8 Å². The van der Waals surface area contributed by atoms with E-state index in [-0.39, 0.29) is 28.7 Å². The number of hydrogen-bond donors (Lipinski definition) is 1. The Morgan fingerprint density at radius 2 is 1.74 bits per heavy atom. The van der Waals surface area contributed by atoms with Crippen molar-refractivity contribution in [3.8, 4) is 6.07 Å². The van der Waals surface area contributed by atoms with Gasteiger partial charge < -0.3 is 10.5 Å². The maximum absolute atomic E-state index is 14.2. The van der Waals surface area contributed by atoms with E-state index in [1.165, 1.54) is 28.6 Å². The molecule has 0 bridgehead atoms. The van der Waals surface area contributed by atoms with Gasteiger partial charge in [-0.15, -0.1) is 0 Å². The van der Waals surface area contributed by atoms with Gasteiger partial charge in [-0.25, -0.2) is 12.8 Å². The predicted octanol–water partition coefficient (Wildman–Crippen LogP) is 4.66. The van der Waals surface area contributed by atoms with E-state index in [2.05, 4.69) is 0 Å². The summed E-state index contributed by atoms with van der Waals surface area (Å²) >= 11 is 0. The van der Waals surface area contributed by atoms with Crippen molar-refractivity contribution in [1.82, 2.24) is 0 Å². The van der Waals surface area contributed by atoms with E-state index in [9.17, 15) is 18.1 Å². The summed E-state index contributed by atoms with van der Waals surface area (Å²) in [7, 11) is -4.17. The van der Waals surface area contributed by atoms with Gasteiger partial charge in [0.15, 0.2) is 5.76 Å². The summed E-state index contributed by atoms with van der Waals surface area (Å²) in [5.41, 5.74) is 9.28. The van der Waals surface area contributed by atoms with E-state index in [0.717, 1.165) is 11.1 Å². The van der Waals surface area contributed by atoms with Crippen LogP contribution >= 0.6 is 0 Å². The summed E-state index contributed by atoms with van der Waals surface area (Å²) in [4.78, 5) is -0.0860. The first-order valence-electron chi connectivity index (χ1n) is 10.6. The van der Waals surface area contributed by atoms with Crippen molar-refractivity contribution < 1.29 is 17.5 Å². The lowest BCUT2D eigenvalue weighted by Crippen LogP contribution is -2.39. The van der Waals surface area contributed by atoms with Crippen LogP contribution < -0.4 is 10.0 Å². The molecule has 0 amide bonds. The Balaban J connectivity index is 1.77. The number of fused-ring (bicyclic) bond motifs is 2. The van der Waals surface area contributed by atoms with Gasteiger partial charge in [0.2, 0.25) is 5.88 Å². The summed E-state index contributed by atoms with van der Waals surface area (Å²) in [6.07, 6.45) is 0. The van der Waals surface area contributed by atoms with Crippen LogP contribution in [0.25, 0.3) is 5.76 Å². The lowest BCUT2D eigenvalue weighted by molar-refractivity contribution is 0.357. The third kappa shape index (κ3) is 3.33. The highest BCUT2D eigenvalue weighted by molar-refractivity contribution is 7.96. The molecule has 0 fully saturated rings. The maximum Gasteiger partial charge on any atom is 0.265 e. The van der Waals surface area contributed by atoms with Crippen molar-refractivity contribution >= 4 is 21.5 Å². The number of nitrogens with zero attached hydrogens (tertiary/aromatic N) is 2. The molecule has 34 heavy (non-hydrogen) atoms. The summed E-state index contributed by atoms with van der Waals surface area (Å²) < 4.78 is 49.2. The first-order chi connectivity index (χ1) is 16.3. The molecule has 0 saturated carbocycles. The van der Waals surface area contributed by atoms with Gasteiger partial charge in [-0.05, 0) is 47.9 Å². The number of nitrogens with two attached hydrogens (primary N) is 1. The number of sulfonamides is 1. The minimum Gasteiger partial charge on any atom is -0.439 e. The summed E-state index contributed by atoms with van der Waals surface area (Å²) in [6, 6.07) is 21.9. The van der Waals surface area contributed by atoms with E-state index in [0.29, 0.717) is 16.8 Å². The summed E-state index contributed by atoms with van der Waals surface area (Å²) in [5.74, 6) is -1.60. The molecule has 2 heterocycles. The minimum atomic E-state index is -4.17. The SMILES string of the molecule is Cc1ccccc1CN1c2ccccc2C2=C([C@@H](c3ccc(F)cc3)C(C#N)=C(N)O2)S1(=O)=O. The normalized spacial score (nSPS) is 18.6. The number of allylic oxidation sites excluding steroid dienone is 2. The lowest BCUT2D eigenvalue weighted by Gasteiger charge is -2.38. The second-order valence-corrected chi connectivity index (χ2v) is 9.96. The number of halogens is 1. The third-order valence-electron chi connectivity index (χ3n) is 6.14. The van der Waals surface area contributed by atoms with Gasteiger partial charge in [0, 0.05) is 5.56 Å². The Morgan fingerprint density at radius 3 is 2.44 bits per heavy atom. The molecule has 8 heteroatoms. The fourth-order valence-corrected chi connectivity index (χ4v) is 6.31. The molecule has 3 aromatic carbocycles. The largest absolute Gasteiger partial charge is 0.439 e. The molecule has 6 nitrogen and oxygen atoms in total. The van der Waals surface area contributed by atoms with Gasteiger partial charge in [-0.3, -0.25) is 4.31 Å². The van der Waals surface area contributed by atoms with Gasteiger partial charge in [0.05, 0.1) is 18.2 Å². The van der Waals surface area contributed by atoms with Crippen molar-refractivity contribution in [2.75, 3.05) is 4.31 Å². The Bertz CT molecular complexity index is 1520. The number of nitriles is 1. The van der Waals surface area contributed by atoms with Crippen LogP contribution in [0.5, 0.6) is 0 Å². The molecule has 170 valence electrons. The van der Waals surface area contributed by atoms with Crippen LogP contribution in [0.1, 0.15) is 28.2 Å². The fourth-order valence-electron chi connectivity index (χ4n) is 4.41. The zero-order chi connectivity index (χ0) is 24.0. The molecule has 0 unspecified atom stereocenters. The van der Waals surface area contributed by atoms with Gasteiger partial charge in [-0.1, -0.05) is 48.5 Å². The predicted molar refractivity (Wildman–Crippen MR) is 127 cm³/mol. The Kier molecular flexibility index (Phi) is 5.14. The summed E-state index contributed by atoms with van der Waals surface area (Å²) in [5, 5.41) is 9.87. The molecule has 0 radical (unpaired) electrons. The second-order valence-electron chi connectivity index (χ2n) is 8.13.